The molecule has 3 rings (SSSR count). The topological polar surface area (TPSA) is 44.9 Å². The second-order valence-corrected chi connectivity index (χ2v) is 5.65. The van der Waals surface area contributed by atoms with Crippen molar-refractivity contribution in [1.82, 2.24) is 10.3 Å². The Labute approximate surface area is 136 Å². The highest BCUT2D eigenvalue weighted by atomic mass is 16.1. The van der Waals surface area contributed by atoms with E-state index in [1.807, 2.05) is 42.6 Å². The fraction of sp³-hybridized carbons (Fsp3) is 0.150. The van der Waals surface area contributed by atoms with Gasteiger partial charge in [-0.25, -0.2) is 0 Å². The third kappa shape index (κ3) is 3.89. The van der Waals surface area contributed by atoms with Crippen molar-refractivity contribution in [3.63, 3.8) is 0 Å². The lowest BCUT2D eigenvalue weighted by Crippen LogP contribution is -2.23. The highest BCUT2D eigenvalue weighted by molar-refractivity contribution is 5.91. The molecule has 23 heavy (non-hydrogen) atoms. The largest absolute Gasteiger partial charge is 0.361 e. The normalized spacial score (nSPS) is 11.2. The molecule has 0 bridgehead atoms. The number of rotatable bonds is 5. The standard InChI is InChI=1S/C20H20N2O/c1-15-7-9-19-18(13-15)17(14-22-19)11-12-21-20(23)10-8-16-5-3-2-4-6-16/h2-10,13-14,22H,11-12H2,1H3,(H,21,23). The molecule has 0 spiro atoms. The van der Waals surface area contributed by atoms with Crippen molar-refractivity contribution in [2.75, 3.05) is 6.54 Å². The molecule has 1 heterocycles. The van der Waals surface area contributed by atoms with Crippen LogP contribution in [0.15, 0.2) is 60.8 Å². The smallest absolute Gasteiger partial charge is 0.244 e. The number of aryl methyl sites for hydroxylation is 1. The zero-order valence-corrected chi connectivity index (χ0v) is 13.2. The van der Waals surface area contributed by atoms with Crippen LogP contribution in [0.5, 0.6) is 0 Å². The van der Waals surface area contributed by atoms with Gasteiger partial charge >= 0.3 is 0 Å². The molecule has 0 aliphatic heterocycles. The Bertz CT molecular complexity index is 831. The summed E-state index contributed by atoms with van der Waals surface area (Å²) < 4.78 is 0. The second kappa shape index (κ2) is 6.97. The molecule has 3 aromatic rings. The first-order valence-electron chi connectivity index (χ1n) is 7.80. The summed E-state index contributed by atoms with van der Waals surface area (Å²) in [5.74, 6) is -0.0649. The Morgan fingerprint density at radius 2 is 2.00 bits per heavy atom. The highest BCUT2D eigenvalue weighted by Gasteiger charge is 2.04. The molecule has 116 valence electrons. The van der Waals surface area contributed by atoms with Gasteiger partial charge in [-0.3, -0.25) is 4.79 Å². The average Bonchev–Trinajstić information content (AvgIpc) is 2.96. The van der Waals surface area contributed by atoms with Crippen LogP contribution in [0.4, 0.5) is 0 Å². The molecule has 0 aliphatic carbocycles. The lowest BCUT2D eigenvalue weighted by molar-refractivity contribution is -0.116. The van der Waals surface area contributed by atoms with Gasteiger partial charge < -0.3 is 10.3 Å². The van der Waals surface area contributed by atoms with Crippen molar-refractivity contribution in [3.8, 4) is 0 Å². The monoisotopic (exact) mass is 304 g/mol. The van der Waals surface area contributed by atoms with Gasteiger partial charge in [-0.05, 0) is 42.7 Å². The Morgan fingerprint density at radius 3 is 2.83 bits per heavy atom. The van der Waals surface area contributed by atoms with Crippen LogP contribution in [0, 0.1) is 6.92 Å². The van der Waals surface area contributed by atoms with Gasteiger partial charge in [-0.15, -0.1) is 0 Å². The summed E-state index contributed by atoms with van der Waals surface area (Å²) in [7, 11) is 0. The summed E-state index contributed by atoms with van der Waals surface area (Å²) >= 11 is 0. The maximum absolute atomic E-state index is 11.9. The zero-order chi connectivity index (χ0) is 16.1. The van der Waals surface area contributed by atoms with Crippen molar-refractivity contribution in [1.29, 1.82) is 0 Å². The number of aromatic nitrogens is 1. The summed E-state index contributed by atoms with van der Waals surface area (Å²) in [6, 6.07) is 16.2. The van der Waals surface area contributed by atoms with E-state index in [4.69, 9.17) is 0 Å². The Balaban J connectivity index is 1.55. The number of H-pyrrole nitrogens is 1. The molecule has 0 saturated carbocycles. The van der Waals surface area contributed by atoms with Gasteiger partial charge in [0.25, 0.3) is 0 Å². The summed E-state index contributed by atoms with van der Waals surface area (Å²) in [4.78, 5) is 15.1. The highest BCUT2D eigenvalue weighted by Crippen LogP contribution is 2.19. The number of benzene rings is 2. The molecule has 0 aliphatic rings. The van der Waals surface area contributed by atoms with Gasteiger partial charge in [-0.1, -0.05) is 42.0 Å². The van der Waals surface area contributed by atoms with E-state index in [9.17, 15) is 4.79 Å². The van der Waals surface area contributed by atoms with Crippen molar-refractivity contribution in [2.45, 2.75) is 13.3 Å². The first-order chi connectivity index (χ1) is 11.2. The van der Waals surface area contributed by atoms with Crippen LogP contribution in [-0.4, -0.2) is 17.4 Å². The van der Waals surface area contributed by atoms with Crippen LogP contribution < -0.4 is 5.32 Å². The summed E-state index contributed by atoms with van der Waals surface area (Å²) in [5.41, 5.74) is 4.64. The van der Waals surface area contributed by atoms with Crippen molar-refractivity contribution >= 4 is 22.9 Å². The van der Waals surface area contributed by atoms with Crippen LogP contribution in [0.25, 0.3) is 17.0 Å². The number of carbonyl (C=O) groups excluding carboxylic acids is 1. The van der Waals surface area contributed by atoms with E-state index in [0.717, 1.165) is 17.5 Å². The summed E-state index contributed by atoms with van der Waals surface area (Å²) in [5, 5.41) is 4.17. The minimum atomic E-state index is -0.0649. The van der Waals surface area contributed by atoms with Crippen LogP contribution in [-0.2, 0) is 11.2 Å². The predicted molar refractivity (Wildman–Crippen MR) is 95.2 cm³/mol. The predicted octanol–water partition coefficient (Wildman–Crippen LogP) is 3.85. The molecule has 1 amide bonds. The lowest BCUT2D eigenvalue weighted by atomic mass is 10.1. The molecule has 0 unspecified atom stereocenters. The molecule has 0 atom stereocenters. The van der Waals surface area contributed by atoms with Gasteiger partial charge in [0.1, 0.15) is 0 Å². The fourth-order valence-electron chi connectivity index (χ4n) is 2.61. The molecule has 3 nitrogen and oxygen atoms in total. The van der Waals surface area contributed by atoms with E-state index in [2.05, 4.69) is 35.4 Å². The van der Waals surface area contributed by atoms with E-state index in [1.165, 1.54) is 16.5 Å². The molecule has 0 saturated heterocycles. The zero-order valence-electron chi connectivity index (χ0n) is 13.2. The second-order valence-electron chi connectivity index (χ2n) is 5.65. The molecule has 0 fully saturated rings. The molecular weight excluding hydrogens is 284 g/mol. The Hall–Kier alpha value is -2.81. The number of nitrogens with one attached hydrogen (secondary N) is 2. The Kier molecular flexibility index (Phi) is 4.57. The quantitative estimate of drug-likeness (QED) is 0.691. The number of carbonyl (C=O) groups is 1. The first-order valence-corrected chi connectivity index (χ1v) is 7.80. The van der Waals surface area contributed by atoms with Crippen LogP contribution in [0.2, 0.25) is 0 Å². The van der Waals surface area contributed by atoms with Crippen LogP contribution in [0.1, 0.15) is 16.7 Å². The molecule has 1 aromatic heterocycles. The number of aromatic amines is 1. The van der Waals surface area contributed by atoms with Gasteiger partial charge in [0.15, 0.2) is 0 Å². The number of hydrogen-bond acceptors (Lipinski definition) is 1. The fourth-order valence-corrected chi connectivity index (χ4v) is 2.61. The molecular formula is C20H20N2O. The van der Waals surface area contributed by atoms with Crippen molar-refractivity contribution < 1.29 is 4.79 Å². The van der Waals surface area contributed by atoms with Gasteiger partial charge in [0.2, 0.25) is 5.91 Å². The molecule has 3 heteroatoms. The molecule has 2 N–H and O–H groups in total. The van der Waals surface area contributed by atoms with E-state index in [0.29, 0.717) is 6.54 Å². The maximum atomic E-state index is 11.9. The van der Waals surface area contributed by atoms with Crippen LogP contribution >= 0.6 is 0 Å². The maximum Gasteiger partial charge on any atom is 0.244 e. The number of hydrogen-bond donors (Lipinski definition) is 2. The third-order valence-corrected chi connectivity index (χ3v) is 3.84. The van der Waals surface area contributed by atoms with Gasteiger partial charge in [0, 0.05) is 29.7 Å². The van der Waals surface area contributed by atoms with E-state index in [1.54, 1.807) is 6.08 Å². The van der Waals surface area contributed by atoms with E-state index in [-0.39, 0.29) is 5.91 Å². The summed E-state index contributed by atoms with van der Waals surface area (Å²) in [6.45, 7) is 2.71. The Morgan fingerprint density at radius 1 is 1.17 bits per heavy atom. The third-order valence-electron chi connectivity index (χ3n) is 3.84. The SMILES string of the molecule is Cc1ccc2[nH]cc(CCNC(=O)C=Cc3ccccc3)c2c1. The lowest BCUT2D eigenvalue weighted by Gasteiger charge is -2.02. The molecule has 0 radical (unpaired) electrons. The van der Waals surface area contributed by atoms with Crippen molar-refractivity contribution in [3.05, 3.63) is 77.5 Å². The number of fused-ring (bicyclic) bond motifs is 1. The minimum absolute atomic E-state index is 0.0649. The van der Waals surface area contributed by atoms with E-state index < -0.39 is 0 Å². The van der Waals surface area contributed by atoms with Gasteiger partial charge in [-0.2, -0.15) is 0 Å². The minimum Gasteiger partial charge on any atom is -0.361 e. The molecule has 2 aromatic carbocycles. The first kappa shape index (κ1) is 15.1. The van der Waals surface area contributed by atoms with Crippen LogP contribution in [0.3, 0.4) is 0 Å². The van der Waals surface area contributed by atoms with E-state index >= 15 is 0 Å². The van der Waals surface area contributed by atoms with Gasteiger partial charge in [0.05, 0.1) is 0 Å². The number of amides is 1. The summed E-state index contributed by atoms with van der Waals surface area (Å²) in [6.07, 6.45) is 6.24. The van der Waals surface area contributed by atoms with Crippen molar-refractivity contribution in [2.24, 2.45) is 0 Å². The average molecular weight is 304 g/mol.